The van der Waals surface area contributed by atoms with Gasteiger partial charge in [0.15, 0.2) is 8.32 Å². The molecule has 0 saturated heterocycles. The number of sulfonamides is 1. The molecule has 0 aliphatic rings. The largest absolute Gasteiger partial charge is 0.417 e. The van der Waals surface area contributed by atoms with Crippen LogP contribution in [0.1, 0.15) is 53.4 Å². The van der Waals surface area contributed by atoms with Crippen molar-refractivity contribution >= 4 is 26.4 Å². The zero-order chi connectivity index (χ0) is 19.9. The van der Waals surface area contributed by atoms with Crippen molar-refractivity contribution in [3.05, 3.63) is 0 Å². The standard InChI is InChI=1S/C18H43NO3SSi2/c1-10-11-12-17(13-14-22-25(8,9)18(2,3)4)19-23(20,21)15-16-24(5,6)7/h17,19H,10-16H2,1-9H3/t17-/m1/s1. The third-order valence-electron chi connectivity index (χ3n) is 5.11. The summed E-state index contributed by atoms with van der Waals surface area (Å²) >= 11 is 0. The normalized spacial score (nSPS) is 15.4. The van der Waals surface area contributed by atoms with Crippen molar-refractivity contribution in [3.8, 4) is 0 Å². The zero-order valence-electron chi connectivity index (χ0n) is 18.2. The molecule has 0 aromatic heterocycles. The molecule has 0 fully saturated rings. The lowest BCUT2D eigenvalue weighted by Gasteiger charge is -2.36. The molecule has 0 spiro atoms. The van der Waals surface area contributed by atoms with Gasteiger partial charge in [0.05, 0.1) is 5.75 Å². The van der Waals surface area contributed by atoms with E-state index in [1.54, 1.807) is 0 Å². The molecule has 0 aliphatic carbocycles. The highest BCUT2D eigenvalue weighted by Crippen LogP contribution is 2.36. The predicted octanol–water partition coefficient (Wildman–Crippen LogP) is 5.21. The Morgan fingerprint density at radius 1 is 1.04 bits per heavy atom. The maximum Gasteiger partial charge on any atom is 0.211 e. The third kappa shape index (κ3) is 11.6. The van der Waals surface area contributed by atoms with Crippen LogP contribution >= 0.6 is 0 Å². The van der Waals surface area contributed by atoms with E-state index in [4.69, 9.17) is 4.43 Å². The minimum atomic E-state index is -3.20. The van der Waals surface area contributed by atoms with Crippen LogP contribution < -0.4 is 4.72 Å². The molecule has 1 N–H and O–H groups in total. The van der Waals surface area contributed by atoms with Gasteiger partial charge in [0, 0.05) is 20.7 Å². The summed E-state index contributed by atoms with van der Waals surface area (Å²) in [5.74, 6) is 0.258. The Bertz CT molecular complexity index is 480. The van der Waals surface area contributed by atoms with Crippen LogP contribution in [0.4, 0.5) is 0 Å². The van der Waals surface area contributed by atoms with Crippen molar-refractivity contribution in [2.45, 2.75) is 103 Å². The van der Waals surface area contributed by atoms with Crippen molar-refractivity contribution in [2.75, 3.05) is 12.4 Å². The lowest BCUT2D eigenvalue weighted by Crippen LogP contribution is -2.43. The molecule has 25 heavy (non-hydrogen) atoms. The first-order valence-corrected chi connectivity index (χ1v) is 18.0. The van der Waals surface area contributed by atoms with E-state index >= 15 is 0 Å². The molecule has 0 aromatic carbocycles. The summed E-state index contributed by atoms with van der Waals surface area (Å²) in [5.41, 5.74) is 0. The fourth-order valence-electron chi connectivity index (χ4n) is 2.14. The third-order valence-corrected chi connectivity index (χ3v) is 13.2. The fourth-order valence-corrected chi connectivity index (χ4v) is 7.59. The molecule has 0 bridgehead atoms. The first-order valence-electron chi connectivity index (χ1n) is 9.73. The van der Waals surface area contributed by atoms with Crippen LogP contribution in [0.2, 0.25) is 43.8 Å². The van der Waals surface area contributed by atoms with Gasteiger partial charge in [-0.25, -0.2) is 13.1 Å². The van der Waals surface area contributed by atoms with Gasteiger partial charge in [-0.3, -0.25) is 0 Å². The molecule has 0 heterocycles. The lowest BCUT2D eigenvalue weighted by molar-refractivity contribution is 0.264. The minimum absolute atomic E-state index is 0.00338. The van der Waals surface area contributed by atoms with E-state index in [2.05, 4.69) is 65.2 Å². The van der Waals surface area contributed by atoms with Gasteiger partial charge >= 0.3 is 0 Å². The highest BCUT2D eigenvalue weighted by molar-refractivity contribution is 7.89. The predicted molar refractivity (Wildman–Crippen MR) is 116 cm³/mol. The quantitative estimate of drug-likeness (QED) is 0.450. The molecule has 0 radical (unpaired) electrons. The van der Waals surface area contributed by atoms with Crippen LogP contribution in [-0.2, 0) is 14.4 Å². The van der Waals surface area contributed by atoms with Crippen molar-refractivity contribution in [1.29, 1.82) is 0 Å². The van der Waals surface area contributed by atoms with Gasteiger partial charge in [-0.05, 0) is 37.0 Å². The van der Waals surface area contributed by atoms with Crippen LogP contribution in [0.25, 0.3) is 0 Å². The smallest absolute Gasteiger partial charge is 0.211 e. The Morgan fingerprint density at radius 3 is 2.04 bits per heavy atom. The molecule has 0 saturated carbocycles. The van der Waals surface area contributed by atoms with Gasteiger partial charge in [0.25, 0.3) is 0 Å². The first-order chi connectivity index (χ1) is 11.1. The summed E-state index contributed by atoms with van der Waals surface area (Å²) in [6.45, 7) is 20.6. The van der Waals surface area contributed by atoms with Crippen molar-refractivity contribution < 1.29 is 12.8 Å². The van der Waals surface area contributed by atoms with Crippen LogP contribution in [0.5, 0.6) is 0 Å². The molecular weight excluding hydrogens is 366 g/mol. The highest BCUT2D eigenvalue weighted by atomic mass is 32.2. The maximum atomic E-state index is 12.4. The van der Waals surface area contributed by atoms with Gasteiger partial charge in [-0.2, -0.15) is 0 Å². The molecule has 0 aliphatic heterocycles. The molecule has 0 amide bonds. The second-order valence-electron chi connectivity index (χ2n) is 9.98. The van der Waals surface area contributed by atoms with Gasteiger partial charge < -0.3 is 4.43 Å². The summed E-state index contributed by atoms with van der Waals surface area (Å²) in [5, 5.41) is 0.183. The Labute approximate surface area is 159 Å². The topological polar surface area (TPSA) is 55.4 Å². The molecule has 7 heteroatoms. The zero-order valence-corrected chi connectivity index (χ0v) is 21.0. The fraction of sp³-hybridized carbons (Fsp3) is 1.00. The van der Waals surface area contributed by atoms with Crippen LogP contribution in [0, 0.1) is 0 Å². The van der Waals surface area contributed by atoms with Gasteiger partial charge in [-0.15, -0.1) is 0 Å². The van der Waals surface area contributed by atoms with E-state index in [1.807, 2.05) is 0 Å². The average Bonchev–Trinajstić information content (AvgIpc) is 2.40. The Morgan fingerprint density at radius 2 is 1.60 bits per heavy atom. The van der Waals surface area contributed by atoms with Crippen LogP contribution in [0.15, 0.2) is 0 Å². The van der Waals surface area contributed by atoms with Crippen molar-refractivity contribution in [1.82, 2.24) is 4.72 Å². The van der Waals surface area contributed by atoms with Crippen molar-refractivity contribution in [3.63, 3.8) is 0 Å². The van der Waals surface area contributed by atoms with E-state index < -0.39 is 26.4 Å². The minimum Gasteiger partial charge on any atom is -0.417 e. The lowest BCUT2D eigenvalue weighted by atomic mass is 10.1. The SMILES string of the molecule is CCCC[C@H](CCO[Si](C)(C)C(C)(C)C)NS(=O)(=O)CC[Si](C)(C)C. The summed E-state index contributed by atoms with van der Waals surface area (Å²) in [7, 11) is -6.32. The average molecular weight is 410 g/mol. The summed E-state index contributed by atoms with van der Waals surface area (Å²) in [4.78, 5) is 0. The monoisotopic (exact) mass is 409 g/mol. The van der Waals surface area contributed by atoms with E-state index in [1.165, 1.54) is 0 Å². The van der Waals surface area contributed by atoms with Gasteiger partial charge in [0.1, 0.15) is 0 Å². The first kappa shape index (κ1) is 25.3. The molecule has 152 valence electrons. The molecule has 0 aromatic rings. The Balaban J connectivity index is 4.70. The number of nitrogens with one attached hydrogen (secondary N) is 1. The van der Waals surface area contributed by atoms with Crippen molar-refractivity contribution in [2.24, 2.45) is 0 Å². The maximum absolute atomic E-state index is 12.4. The summed E-state index contributed by atoms with van der Waals surface area (Å²) in [6.07, 6.45) is 3.78. The molecular formula is C18H43NO3SSi2. The summed E-state index contributed by atoms with van der Waals surface area (Å²) < 4.78 is 34.1. The Hall–Kier alpha value is 0.304. The van der Waals surface area contributed by atoms with E-state index in [-0.39, 0.29) is 16.8 Å². The van der Waals surface area contributed by atoms with E-state index in [9.17, 15) is 8.42 Å². The Kier molecular flexibility index (Phi) is 10.1. The molecule has 1 atom stereocenters. The molecule has 0 unspecified atom stereocenters. The van der Waals surface area contributed by atoms with Crippen LogP contribution in [0.3, 0.4) is 0 Å². The highest BCUT2D eigenvalue weighted by Gasteiger charge is 2.37. The van der Waals surface area contributed by atoms with E-state index in [0.29, 0.717) is 6.61 Å². The summed E-state index contributed by atoms with van der Waals surface area (Å²) in [6, 6.07) is 0.805. The van der Waals surface area contributed by atoms with Gasteiger partial charge in [0.2, 0.25) is 10.0 Å². The second kappa shape index (κ2) is 10.0. The second-order valence-corrected chi connectivity index (χ2v) is 22.3. The number of hydrogen-bond donors (Lipinski definition) is 1. The van der Waals surface area contributed by atoms with Gasteiger partial charge in [-0.1, -0.05) is 60.2 Å². The van der Waals surface area contributed by atoms with E-state index in [0.717, 1.165) is 31.7 Å². The molecule has 0 rings (SSSR count). The molecule has 4 nitrogen and oxygen atoms in total. The number of hydrogen-bond acceptors (Lipinski definition) is 3. The number of unbranched alkanes of at least 4 members (excludes halogenated alkanes) is 1. The van der Waals surface area contributed by atoms with Crippen LogP contribution in [-0.4, -0.2) is 43.2 Å². The number of rotatable bonds is 12.